The molecule has 5 nitrogen and oxygen atoms in total. The van der Waals surface area contributed by atoms with E-state index in [9.17, 15) is 8.42 Å². The van der Waals surface area contributed by atoms with Gasteiger partial charge < -0.3 is 10.5 Å². The van der Waals surface area contributed by atoms with Crippen molar-refractivity contribution in [1.29, 1.82) is 0 Å². The Balaban J connectivity index is 2.49. The largest absolute Gasteiger partial charge is 0.496 e. The van der Waals surface area contributed by atoms with E-state index in [1.165, 1.54) is 6.26 Å². The summed E-state index contributed by atoms with van der Waals surface area (Å²) in [5.74, 6) is 0.966. The maximum atomic E-state index is 11.4. The van der Waals surface area contributed by atoms with Crippen LogP contribution in [0, 0.1) is 0 Å². The predicted molar refractivity (Wildman–Crippen MR) is 73.7 cm³/mol. The first kappa shape index (κ1) is 13.4. The Kier molecular flexibility index (Phi) is 3.44. The quantitative estimate of drug-likeness (QED) is 0.924. The van der Waals surface area contributed by atoms with E-state index in [2.05, 4.69) is 4.98 Å². The van der Waals surface area contributed by atoms with E-state index in [1.54, 1.807) is 43.6 Å². The van der Waals surface area contributed by atoms with Crippen molar-refractivity contribution in [3.63, 3.8) is 0 Å². The van der Waals surface area contributed by atoms with Gasteiger partial charge in [0, 0.05) is 24.1 Å². The third-order valence-electron chi connectivity index (χ3n) is 2.70. The number of hydrogen-bond acceptors (Lipinski definition) is 5. The summed E-state index contributed by atoms with van der Waals surface area (Å²) in [6, 6.07) is 8.17. The van der Waals surface area contributed by atoms with Gasteiger partial charge in [0.05, 0.1) is 12.0 Å². The van der Waals surface area contributed by atoms with Crippen molar-refractivity contribution in [1.82, 2.24) is 4.98 Å². The first-order chi connectivity index (χ1) is 8.91. The van der Waals surface area contributed by atoms with Crippen LogP contribution in [0.25, 0.3) is 11.1 Å². The zero-order chi connectivity index (χ0) is 14.0. The van der Waals surface area contributed by atoms with Crippen LogP contribution in [0.4, 0.5) is 5.82 Å². The van der Waals surface area contributed by atoms with E-state index in [0.717, 1.165) is 11.1 Å². The van der Waals surface area contributed by atoms with Gasteiger partial charge in [-0.1, -0.05) is 12.1 Å². The predicted octanol–water partition coefficient (Wildman–Crippen LogP) is 1.74. The Labute approximate surface area is 112 Å². The zero-order valence-corrected chi connectivity index (χ0v) is 11.4. The standard InChI is InChI=1S/C13H14N2O3S/c1-18-12-7-13(14)15-8-11(12)9-3-5-10(6-4-9)19(2,16)17/h3-8H,1-2H3,(H2,14,15). The summed E-state index contributed by atoms with van der Waals surface area (Å²) in [5, 5.41) is 0. The van der Waals surface area contributed by atoms with Crippen molar-refractivity contribution in [2.24, 2.45) is 0 Å². The summed E-state index contributed by atoms with van der Waals surface area (Å²) < 4.78 is 28.0. The van der Waals surface area contributed by atoms with E-state index in [-0.39, 0.29) is 4.90 Å². The van der Waals surface area contributed by atoms with Crippen LogP contribution >= 0.6 is 0 Å². The minimum atomic E-state index is -3.19. The molecule has 0 atom stereocenters. The highest BCUT2D eigenvalue weighted by Gasteiger charge is 2.10. The van der Waals surface area contributed by atoms with Crippen LogP contribution in [0.3, 0.4) is 0 Å². The van der Waals surface area contributed by atoms with Gasteiger partial charge in [0.15, 0.2) is 9.84 Å². The first-order valence-electron chi connectivity index (χ1n) is 5.52. The summed E-state index contributed by atoms with van der Waals surface area (Å²) in [6.07, 6.45) is 2.77. The molecule has 0 saturated carbocycles. The summed E-state index contributed by atoms with van der Waals surface area (Å²) in [4.78, 5) is 4.29. The fourth-order valence-electron chi connectivity index (χ4n) is 1.72. The number of rotatable bonds is 3. The molecule has 1 aromatic carbocycles. The van der Waals surface area contributed by atoms with Gasteiger partial charge >= 0.3 is 0 Å². The van der Waals surface area contributed by atoms with Crippen LogP contribution in [0.2, 0.25) is 0 Å². The fourth-order valence-corrected chi connectivity index (χ4v) is 2.35. The number of hydrogen-bond donors (Lipinski definition) is 1. The molecule has 1 aromatic heterocycles. The van der Waals surface area contributed by atoms with Crippen LogP contribution in [0.5, 0.6) is 5.75 Å². The highest BCUT2D eigenvalue weighted by atomic mass is 32.2. The number of benzene rings is 1. The molecule has 2 aromatic rings. The van der Waals surface area contributed by atoms with Gasteiger partial charge in [-0.15, -0.1) is 0 Å². The molecule has 0 bridgehead atoms. The molecule has 100 valence electrons. The highest BCUT2D eigenvalue weighted by molar-refractivity contribution is 7.90. The Bertz CT molecular complexity index is 694. The van der Waals surface area contributed by atoms with Crippen molar-refractivity contribution in [3.05, 3.63) is 36.5 Å². The molecular weight excluding hydrogens is 264 g/mol. The zero-order valence-electron chi connectivity index (χ0n) is 10.6. The molecule has 6 heteroatoms. The molecule has 2 N–H and O–H groups in total. The number of sulfone groups is 1. The maximum absolute atomic E-state index is 11.4. The lowest BCUT2D eigenvalue weighted by Crippen LogP contribution is -1.97. The number of nitrogens with zero attached hydrogens (tertiary/aromatic N) is 1. The Hall–Kier alpha value is -2.08. The summed E-state index contributed by atoms with van der Waals surface area (Å²) >= 11 is 0. The van der Waals surface area contributed by atoms with Gasteiger partial charge in [0.2, 0.25) is 0 Å². The van der Waals surface area contributed by atoms with Crippen molar-refractivity contribution in [2.45, 2.75) is 4.90 Å². The van der Waals surface area contributed by atoms with E-state index < -0.39 is 9.84 Å². The second-order valence-electron chi connectivity index (χ2n) is 4.11. The molecule has 0 fully saturated rings. The van der Waals surface area contributed by atoms with Crippen LogP contribution in [0.15, 0.2) is 41.4 Å². The molecule has 0 amide bonds. The first-order valence-corrected chi connectivity index (χ1v) is 7.41. The van der Waals surface area contributed by atoms with Crippen molar-refractivity contribution in [3.8, 4) is 16.9 Å². The number of methoxy groups -OCH3 is 1. The highest BCUT2D eigenvalue weighted by Crippen LogP contribution is 2.30. The third-order valence-corrected chi connectivity index (χ3v) is 3.83. The molecule has 0 aliphatic heterocycles. The van der Waals surface area contributed by atoms with Gasteiger partial charge in [-0.25, -0.2) is 13.4 Å². The van der Waals surface area contributed by atoms with Crippen LogP contribution in [-0.2, 0) is 9.84 Å². The number of nitrogens with two attached hydrogens (primary N) is 1. The van der Waals surface area contributed by atoms with Crippen LogP contribution < -0.4 is 10.5 Å². The topological polar surface area (TPSA) is 82.3 Å². The minimum Gasteiger partial charge on any atom is -0.496 e. The van der Waals surface area contributed by atoms with Gasteiger partial charge in [-0.05, 0) is 17.7 Å². The molecule has 0 saturated heterocycles. The molecular formula is C13H14N2O3S. The number of pyridine rings is 1. The van der Waals surface area contributed by atoms with E-state index in [4.69, 9.17) is 10.5 Å². The Morgan fingerprint density at radius 2 is 1.84 bits per heavy atom. The number of nitrogen functional groups attached to an aromatic ring is 1. The number of aromatic nitrogens is 1. The molecule has 0 radical (unpaired) electrons. The van der Waals surface area contributed by atoms with E-state index in [1.807, 2.05) is 0 Å². The second-order valence-corrected chi connectivity index (χ2v) is 6.12. The van der Waals surface area contributed by atoms with Crippen molar-refractivity contribution < 1.29 is 13.2 Å². The number of ether oxygens (including phenoxy) is 1. The van der Waals surface area contributed by atoms with E-state index in [0.29, 0.717) is 11.6 Å². The Morgan fingerprint density at radius 3 is 2.37 bits per heavy atom. The average Bonchev–Trinajstić information content (AvgIpc) is 2.37. The smallest absolute Gasteiger partial charge is 0.175 e. The lowest BCUT2D eigenvalue weighted by atomic mass is 10.1. The van der Waals surface area contributed by atoms with E-state index >= 15 is 0 Å². The van der Waals surface area contributed by atoms with Crippen LogP contribution in [0.1, 0.15) is 0 Å². The fraction of sp³-hybridized carbons (Fsp3) is 0.154. The van der Waals surface area contributed by atoms with Gasteiger partial charge in [0.25, 0.3) is 0 Å². The normalized spacial score (nSPS) is 11.3. The lowest BCUT2D eigenvalue weighted by molar-refractivity contribution is 0.416. The monoisotopic (exact) mass is 278 g/mol. The minimum absolute atomic E-state index is 0.277. The van der Waals surface area contributed by atoms with Crippen molar-refractivity contribution >= 4 is 15.7 Å². The molecule has 19 heavy (non-hydrogen) atoms. The molecule has 2 rings (SSSR count). The van der Waals surface area contributed by atoms with Gasteiger partial charge in [0.1, 0.15) is 11.6 Å². The summed E-state index contributed by atoms with van der Waals surface area (Å²) in [5.41, 5.74) is 7.17. The summed E-state index contributed by atoms with van der Waals surface area (Å²) in [6.45, 7) is 0. The lowest BCUT2D eigenvalue weighted by Gasteiger charge is -2.09. The van der Waals surface area contributed by atoms with Crippen molar-refractivity contribution in [2.75, 3.05) is 19.1 Å². The molecule has 0 aliphatic rings. The summed E-state index contributed by atoms with van der Waals surface area (Å²) in [7, 11) is -1.65. The van der Waals surface area contributed by atoms with Gasteiger partial charge in [-0.3, -0.25) is 0 Å². The maximum Gasteiger partial charge on any atom is 0.175 e. The van der Waals surface area contributed by atoms with Gasteiger partial charge in [-0.2, -0.15) is 0 Å². The third kappa shape index (κ3) is 2.85. The number of anilines is 1. The Morgan fingerprint density at radius 1 is 1.21 bits per heavy atom. The van der Waals surface area contributed by atoms with Crippen LogP contribution in [-0.4, -0.2) is 26.8 Å². The second kappa shape index (κ2) is 4.89. The SMILES string of the molecule is COc1cc(N)ncc1-c1ccc(S(C)(=O)=O)cc1. The average molecular weight is 278 g/mol. The molecule has 0 unspecified atom stereocenters. The molecule has 0 spiro atoms. The molecule has 1 heterocycles. The molecule has 0 aliphatic carbocycles.